The summed E-state index contributed by atoms with van der Waals surface area (Å²) in [4.78, 5) is 56.3. The van der Waals surface area contributed by atoms with Gasteiger partial charge in [0, 0.05) is 18.2 Å². The molecular weight excluding hydrogens is 408 g/mol. The number of carboxylic acids is 2. The summed E-state index contributed by atoms with van der Waals surface area (Å²) in [7, 11) is 0. The molecule has 1 aromatic carbocycles. The van der Waals surface area contributed by atoms with Crippen molar-refractivity contribution in [3.8, 4) is 0 Å². The van der Waals surface area contributed by atoms with E-state index >= 15 is 0 Å². The number of hydrogen-bond acceptors (Lipinski definition) is 8. The van der Waals surface area contributed by atoms with Gasteiger partial charge in [0.15, 0.2) is 0 Å². The highest BCUT2D eigenvalue weighted by Crippen LogP contribution is 2.29. The Bertz CT molecular complexity index is 788. The SMILES string of the molecule is N[C@@H](CCC(=O)N[C@@H](CSc1ccccc1[N+](=O)[O-])C(=O)NCC(=O)O)C(=O)O. The van der Waals surface area contributed by atoms with Gasteiger partial charge in [-0.2, -0.15) is 0 Å². The molecule has 158 valence electrons. The highest BCUT2D eigenvalue weighted by atomic mass is 32.2. The maximum absolute atomic E-state index is 12.2. The number of carbonyl (C=O) groups excluding carboxylic acids is 2. The molecule has 0 aliphatic rings. The zero-order valence-electron chi connectivity index (χ0n) is 15.1. The topological polar surface area (TPSA) is 202 Å². The van der Waals surface area contributed by atoms with Crippen LogP contribution >= 0.6 is 11.8 Å². The third-order valence-corrected chi connectivity index (χ3v) is 4.69. The number of nitro benzene ring substituents is 1. The van der Waals surface area contributed by atoms with Crippen molar-refractivity contribution in [2.75, 3.05) is 12.3 Å². The predicted octanol–water partition coefficient (Wildman–Crippen LogP) is -0.435. The number of nitrogens with one attached hydrogen (secondary N) is 2. The molecule has 0 unspecified atom stereocenters. The van der Waals surface area contributed by atoms with Gasteiger partial charge in [0.1, 0.15) is 18.6 Å². The van der Waals surface area contributed by atoms with E-state index in [1.165, 1.54) is 18.2 Å². The maximum Gasteiger partial charge on any atom is 0.322 e. The third kappa shape index (κ3) is 8.57. The van der Waals surface area contributed by atoms with E-state index in [4.69, 9.17) is 15.9 Å². The molecular formula is C16H20N4O8S. The number of nitrogens with zero attached hydrogens (tertiary/aromatic N) is 1. The number of hydrogen-bond donors (Lipinski definition) is 5. The van der Waals surface area contributed by atoms with Crippen LogP contribution in [0.25, 0.3) is 0 Å². The lowest BCUT2D eigenvalue weighted by atomic mass is 10.1. The number of benzene rings is 1. The van der Waals surface area contributed by atoms with Crippen molar-refractivity contribution in [1.29, 1.82) is 0 Å². The third-order valence-electron chi connectivity index (χ3n) is 3.53. The van der Waals surface area contributed by atoms with Crippen LogP contribution in [0.1, 0.15) is 12.8 Å². The number of aliphatic carboxylic acids is 2. The van der Waals surface area contributed by atoms with E-state index in [2.05, 4.69) is 10.6 Å². The van der Waals surface area contributed by atoms with Gasteiger partial charge in [-0.3, -0.25) is 29.3 Å². The fourth-order valence-corrected chi connectivity index (χ4v) is 3.09. The Morgan fingerprint density at radius 1 is 1.21 bits per heavy atom. The minimum Gasteiger partial charge on any atom is -0.480 e. The average molecular weight is 428 g/mol. The predicted molar refractivity (Wildman–Crippen MR) is 101 cm³/mol. The standard InChI is InChI=1S/C16H20N4O8S/c17-9(16(25)26)5-6-13(21)19-10(15(24)18-7-14(22)23)8-29-12-4-2-1-3-11(12)20(27)28/h1-4,9-10H,5-8,17H2,(H,18,24)(H,19,21)(H,22,23)(H,25,26)/t9-,10-/m0/s1. The van der Waals surface area contributed by atoms with Gasteiger partial charge in [-0.25, -0.2) is 0 Å². The first-order chi connectivity index (χ1) is 13.6. The maximum atomic E-state index is 12.2. The molecule has 0 aromatic heterocycles. The number of thioether (sulfide) groups is 1. The Balaban J connectivity index is 2.81. The first-order valence-corrected chi connectivity index (χ1v) is 9.23. The van der Waals surface area contributed by atoms with Gasteiger partial charge in [0.25, 0.3) is 5.69 Å². The van der Waals surface area contributed by atoms with Gasteiger partial charge in [-0.1, -0.05) is 12.1 Å². The fraction of sp³-hybridized carbons (Fsp3) is 0.375. The van der Waals surface area contributed by atoms with Gasteiger partial charge in [0.05, 0.1) is 9.82 Å². The lowest BCUT2D eigenvalue weighted by molar-refractivity contribution is -0.387. The molecule has 0 aliphatic carbocycles. The molecule has 0 bridgehead atoms. The Morgan fingerprint density at radius 3 is 2.45 bits per heavy atom. The smallest absolute Gasteiger partial charge is 0.322 e. The summed E-state index contributed by atoms with van der Waals surface area (Å²) in [6.07, 6.45) is -0.436. The van der Waals surface area contributed by atoms with Gasteiger partial charge >= 0.3 is 11.9 Å². The first kappa shape index (κ1) is 23.8. The van der Waals surface area contributed by atoms with E-state index in [0.29, 0.717) is 0 Å². The van der Waals surface area contributed by atoms with Crippen LogP contribution in [0.15, 0.2) is 29.2 Å². The van der Waals surface area contributed by atoms with Crippen LogP contribution < -0.4 is 16.4 Å². The summed E-state index contributed by atoms with van der Waals surface area (Å²) in [6, 6.07) is 3.36. The molecule has 13 heteroatoms. The number of nitrogens with two attached hydrogens (primary N) is 1. The zero-order chi connectivity index (χ0) is 22.0. The molecule has 1 rings (SSSR count). The van der Waals surface area contributed by atoms with E-state index in [0.717, 1.165) is 11.8 Å². The van der Waals surface area contributed by atoms with E-state index in [-0.39, 0.29) is 29.2 Å². The summed E-state index contributed by atoms with van der Waals surface area (Å²) in [5.41, 5.74) is 5.14. The largest absolute Gasteiger partial charge is 0.480 e. The molecule has 0 saturated carbocycles. The van der Waals surface area contributed by atoms with Crippen LogP contribution in [-0.4, -0.2) is 63.3 Å². The second-order valence-electron chi connectivity index (χ2n) is 5.75. The zero-order valence-corrected chi connectivity index (χ0v) is 15.9. The normalized spacial score (nSPS) is 12.4. The summed E-state index contributed by atoms with van der Waals surface area (Å²) in [5, 5.41) is 33.0. The summed E-state index contributed by atoms with van der Waals surface area (Å²) >= 11 is 0.934. The van der Waals surface area contributed by atoms with Crippen LogP contribution in [0.5, 0.6) is 0 Å². The number of nitro groups is 1. The summed E-state index contributed by atoms with van der Waals surface area (Å²) in [5.74, 6) is -4.15. The van der Waals surface area contributed by atoms with Crippen molar-refractivity contribution in [1.82, 2.24) is 10.6 Å². The number of carboxylic acid groups (broad SMARTS) is 2. The number of rotatable bonds is 12. The minimum atomic E-state index is -1.29. The molecule has 1 aromatic rings. The Hall–Kier alpha value is -3.19. The van der Waals surface area contributed by atoms with Crippen LogP contribution in [0.2, 0.25) is 0 Å². The molecule has 6 N–H and O–H groups in total. The Labute approximate surface area is 169 Å². The number of carbonyl (C=O) groups is 4. The monoisotopic (exact) mass is 428 g/mol. The Morgan fingerprint density at radius 2 is 1.86 bits per heavy atom. The van der Waals surface area contributed by atoms with Gasteiger partial charge in [-0.15, -0.1) is 11.8 Å². The van der Waals surface area contributed by atoms with Crippen LogP contribution in [0.4, 0.5) is 5.69 Å². The van der Waals surface area contributed by atoms with E-state index in [9.17, 15) is 29.3 Å². The highest BCUT2D eigenvalue weighted by Gasteiger charge is 2.24. The van der Waals surface area contributed by atoms with Crippen LogP contribution in [0.3, 0.4) is 0 Å². The summed E-state index contributed by atoms with van der Waals surface area (Å²) < 4.78 is 0. The molecule has 0 radical (unpaired) electrons. The van der Waals surface area contributed by atoms with Crippen LogP contribution in [-0.2, 0) is 19.2 Å². The molecule has 12 nitrogen and oxygen atoms in total. The van der Waals surface area contributed by atoms with E-state index < -0.39 is 47.3 Å². The van der Waals surface area contributed by atoms with E-state index in [1.54, 1.807) is 6.07 Å². The van der Waals surface area contributed by atoms with Gasteiger partial charge < -0.3 is 26.6 Å². The van der Waals surface area contributed by atoms with Crippen molar-refractivity contribution in [3.05, 3.63) is 34.4 Å². The molecule has 0 heterocycles. The number of para-hydroxylation sites is 1. The summed E-state index contributed by atoms with van der Waals surface area (Å²) in [6.45, 7) is -0.675. The lowest BCUT2D eigenvalue weighted by Gasteiger charge is -2.18. The molecule has 2 amide bonds. The molecule has 0 saturated heterocycles. The van der Waals surface area contributed by atoms with Crippen molar-refractivity contribution in [3.63, 3.8) is 0 Å². The van der Waals surface area contributed by atoms with Crippen LogP contribution in [0, 0.1) is 10.1 Å². The van der Waals surface area contributed by atoms with Crippen molar-refractivity contribution in [2.45, 2.75) is 29.8 Å². The van der Waals surface area contributed by atoms with Crippen molar-refractivity contribution >= 4 is 41.2 Å². The van der Waals surface area contributed by atoms with Crippen molar-refractivity contribution < 1.29 is 34.3 Å². The second kappa shape index (κ2) is 11.6. The number of amides is 2. The molecule has 2 atom stereocenters. The van der Waals surface area contributed by atoms with E-state index in [1.807, 2.05) is 0 Å². The molecule has 0 fully saturated rings. The van der Waals surface area contributed by atoms with Crippen molar-refractivity contribution in [2.24, 2.45) is 5.73 Å². The second-order valence-corrected chi connectivity index (χ2v) is 6.81. The minimum absolute atomic E-state index is 0.118. The molecule has 0 aliphatic heterocycles. The lowest BCUT2D eigenvalue weighted by Crippen LogP contribution is -2.49. The molecule has 29 heavy (non-hydrogen) atoms. The quantitative estimate of drug-likeness (QED) is 0.165. The Kier molecular flexibility index (Phi) is 9.55. The average Bonchev–Trinajstić information content (AvgIpc) is 2.67. The molecule has 0 spiro atoms. The first-order valence-electron chi connectivity index (χ1n) is 8.25. The highest BCUT2D eigenvalue weighted by molar-refractivity contribution is 7.99. The van der Waals surface area contributed by atoms with Gasteiger partial charge in [0.2, 0.25) is 11.8 Å². The van der Waals surface area contributed by atoms with Gasteiger partial charge in [-0.05, 0) is 12.5 Å². The fourth-order valence-electron chi connectivity index (χ4n) is 2.05.